The van der Waals surface area contributed by atoms with Crippen molar-refractivity contribution in [3.05, 3.63) is 34.9 Å². The van der Waals surface area contributed by atoms with Gasteiger partial charge in [0.05, 0.1) is 12.2 Å². The lowest BCUT2D eigenvalue weighted by atomic mass is 10.1. The molecule has 4 N–H and O–H groups in total. The van der Waals surface area contributed by atoms with Crippen LogP contribution in [0, 0.1) is 0 Å². The van der Waals surface area contributed by atoms with Crippen molar-refractivity contribution in [2.24, 2.45) is 0 Å². The zero-order chi connectivity index (χ0) is 13.7. The molecule has 1 rings (SSSR count). The molecule has 0 radical (unpaired) electrons. The highest BCUT2D eigenvalue weighted by Gasteiger charge is 2.23. The van der Waals surface area contributed by atoms with E-state index in [-0.39, 0.29) is 6.54 Å². The fourth-order valence-corrected chi connectivity index (χ4v) is 1.63. The van der Waals surface area contributed by atoms with E-state index in [0.717, 1.165) is 0 Å². The number of rotatable bonds is 6. The van der Waals surface area contributed by atoms with E-state index >= 15 is 0 Å². The second-order valence-electron chi connectivity index (χ2n) is 4.03. The van der Waals surface area contributed by atoms with Crippen LogP contribution in [0.2, 0.25) is 5.02 Å². The third kappa shape index (κ3) is 4.27. The maximum absolute atomic E-state index is 10.8. The van der Waals surface area contributed by atoms with E-state index in [1.165, 1.54) is 6.92 Å². The van der Waals surface area contributed by atoms with Crippen LogP contribution in [0.25, 0.3) is 0 Å². The molecule has 100 valence electrons. The Hall–Kier alpha value is -1.14. The van der Waals surface area contributed by atoms with Crippen molar-refractivity contribution in [2.75, 3.05) is 6.54 Å². The maximum atomic E-state index is 10.8. The Balaban J connectivity index is 2.57. The number of benzene rings is 1. The van der Waals surface area contributed by atoms with Crippen molar-refractivity contribution in [1.82, 2.24) is 5.32 Å². The van der Waals surface area contributed by atoms with Crippen molar-refractivity contribution >= 4 is 17.6 Å². The molecule has 0 amide bonds. The van der Waals surface area contributed by atoms with Crippen LogP contribution in [0.3, 0.4) is 0 Å². The summed E-state index contributed by atoms with van der Waals surface area (Å²) < 4.78 is 0. The lowest BCUT2D eigenvalue weighted by Gasteiger charge is -2.19. The van der Waals surface area contributed by atoms with E-state index < -0.39 is 24.2 Å². The molecule has 0 bridgehead atoms. The van der Waals surface area contributed by atoms with Gasteiger partial charge in [0, 0.05) is 11.6 Å². The summed E-state index contributed by atoms with van der Waals surface area (Å²) in [7, 11) is 0. The average molecular weight is 274 g/mol. The Kier molecular flexibility index (Phi) is 5.55. The zero-order valence-electron chi connectivity index (χ0n) is 9.88. The predicted molar refractivity (Wildman–Crippen MR) is 67.5 cm³/mol. The van der Waals surface area contributed by atoms with Crippen LogP contribution in [0.15, 0.2) is 24.3 Å². The Morgan fingerprint density at radius 3 is 2.33 bits per heavy atom. The highest BCUT2D eigenvalue weighted by molar-refractivity contribution is 6.30. The van der Waals surface area contributed by atoms with Gasteiger partial charge in [-0.15, -0.1) is 0 Å². The van der Waals surface area contributed by atoms with Gasteiger partial charge in [0.2, 0.25) is 0 Å². The van der Waals surface area contributed by atoms with Gasteiger partial charge in [-0.2, -0.15) is 0 Å². The van der Waals surface area contributed by atoms with Crippen LogP contribution in [-0.4, -0.2) is 40.0 Å². The zero-order valence-corrected chi connectivity index (χ0v) is 10.6. The molecule has 0 saturated heterocycles. The Morgan fingerprint density at radius 2 is 1.89 bits per heavy atom. The third-order valence-corrected chi connectivity index (χ3v) is 2.79. The molecule has 3 atom stereocenters. The van der Waals surface area contributed by atoms with Crippen molar-refractivity contribution in [1.29, 1.82) is 0 Å². The molecule has 0 spiro atoms. The monoisotopic (exact) mass is 273 g/mol. The molecule has 3 unspecified atom stereocenters. The predicted octanol–water partition coefficient (Wildman–Crippen LogP) is 0.797. The van der Waals surface area contributed by atoms with Crippen LogP contribution >= 0.6 is 11.6 Å². The summed E-state index contributed by atoms with van der Waals surface area (Å²) in [6, 6.07) is 5.50. The molecule has 1 aromatic rings. The van der Waals surface area contributed by atoms with Gasteiger partial charge in [-0.05, 0) is 24.6 Å². The first kappa shape index (κ1) is 14.9. The molecular weight excluding hydrogens is 258 g/mol. The van der Waals surface area contributed by atoms with E-state index in [1.807, 2.05) is 0 Å². The smallest absolute Gasteiger partial charge is 0.323 e. The lowest BCUT2D eigenvalue weighted by Crippen LogP contribution is -2.46. The molecule has 0 aliphatic rings. The van der Waals surface area contributed by atoms with Gasteiger partial charge >= 0.3 is 5.97 Å². The van der Waals surface area contributed by atoms with Crippen LogP contribution in [0.1, 0.15) is 18.6 Å². The second kappa shape index (κ2) is 6.70. The van der Waals surface area contributed by atoms with Gasteiger partial charge in [-0.25, -0.2) is 0 Å². The van der Waals surface area contributed by atoms with Crippen LogP contribution in [0.4, 0.5) is 0 Å². The lowest BCUT2D eigenvalue weighted by molar-refractivity contribution is -0.142. The van der Waals surface area contributed by atoms with Crippen molar-refractivity contribution in [3.63, 3.8) is 0 Å². The minimum absolute atomic E-state index is 0.0312. The molecule has 0 aliphatic carbocycles. The van der Waals surface area contributed by atoms with E-state index in [1.54, 1.807) is 24.3 Å². The van der Waals surface area contributed by atoms with Crippen molar-refractivity contribution < 1.29 is 20.1 Å². The highest BCUT2D eigenvalue weighted by Crippen LogP contribution is 2.15. The summed E-state index contributed by atoms with van der Waals surface area (Å²) in [4.78, 5) is 10.8. The molecule has 0 fully saturated rings. The molecule has 6 heteroatoms. The first-order chi connectivity index (χ1) is 8.41. The number of aliphatic hydroxyl groups excluding tert-OH is 2. The first-order valence-corrected chi connectivity index (χ1v) is 5.87. The molecule has 0 aliphatic heterocycles. The highest BCUT2D eigenvalue weighted by atomic mass is 35.5. The summed E-state index contributed by atoms with van der Waals surface area (Å²) in [6.45, 7) is 1.41. The number of carbonyl (C=O) groups is 1. The largest absolute Gasteiger partial charge is 0.480 e. The minimum atomic E-state index is -1.16. The number of carboxylic acid groups (broad SMARTS) is 1. The number of hydrogen-bond donors (Lipinski definition) is 4. The first-order valence-electron chi connectivity index (χ1n) is 5.49. The van der Waals surface area contributed by atoms with Gasteiger partial charge < -0.3 is 15.3 Å². The standard InChI is InChI=1S/C12H16ClNO4/c1-7(15)11(12(17)18)14-6-10(16)8-2-4-9(13)5-3-8/h2-5,7,10-11,14-16H,6H2,1H3,(H,17,18). The number of aliphatic carboxylic acids is 1. The van der Waals surface area contributed by atoms with Crippen LogP contribution in [-0.2, 0) is 4.79 Å². The van der Waals surface area contributed by atoms with Gasteiger partial charge in [-0.3, -0.25) is 10.1 Å². The van der Waals surface area contributed by atoms with Crippen LogP contribution in [0.5, 0.6) is 0 Å². The summed E-state index contributed by atoms with van der Waals surface area (Å²) in [6.07, 6.45) is -1.90. The third-order valence-electron chi connectivity index (χ3n) is 2.53. The average Bonchev–Trinajstić information content (AvgIpc) is 2.28. The fourth-order valence-electron chi connectivity index (χ4n) is 1.51. The summed E-state index contributed by atoms with van der Waals surface area (Å²) >= 11 is 5.72. The normalized spacial score (nSPS) is 16.0. The van der Waals surface area contributed by atoms with E-state index in [0.29, 0.717) is 10.6 Å². The molecule has 1 aromatic carbocycles. The second-order valence-corrected chi connectivity index (χ2v) is 4.47. The Morgan fingerprint density at radius 1 is 1.33 bits per heavy atom. The fraction of sp³-hybridized carbons (Fsp3) is 0.417. The van der Waals surface area contributed by atoms with Gasteiger partial charge in [-0.1, -0.05) is 23.7 Å². The van der Waals surface area contributed by atoms with Gasteiger partial charge in [0.1, 0.15) is 6.04 Å². The summed E-state index contributed by atoms with van der Waals surface area (Å²) in [5.41, 5.74) is 0.627. The number of halogens is 1. The Labute approximate surface area is 110 Å². The van der Waals surface area contributed by atoms with Gasteiger partial charge in [0.25, 0.3) is 0 Å². The summed E-state index contributed by atoms with van der Waals surface area (Å²) in [5, 5.41) is 31.1. The van der Waals surface area contributed by atoms with E-state index in [2.05, 4.69) is 5.32 Å². The molecule has 18 heavy (non-hydrogen) atoms. The van der Waals surface area contributed by atoms with Crippen molar-refractivity contribution in [2.45, 2.75) is 25.2 Å². The topological polar surface area (TPSA) is 89.8 Å². The summed E-state index contributed by atoms with van der Waals surface area (Å²) in [5.74, 6) is -1.16. The molecule has 0 heterocycles. The Bertz CT molecular complexity index is 394. The van der Waals surface area contributed by atoms with Crippen molar-refractivity contribution in [3.8, 4) is 0 Å². The SMILES string of the molecule is CC(O)C(NCC(O)c1ccc(Cl)cc1)C(=O)O. The molecular formula is C12H16ClNO4. The molecule has 5 nitrogen and oxygen atoms in total. The maximum Gasteiger partial charge on any atom is 0.323 e. The quantitative estimate of drug-likeness (QED) is 0.616. The molecule has 0 saturated carbocycles. The van der Waals surface area contributed by atoms with Gasteiger partial charge in [0.15, 0.2) is 0 Å². The minimum Gasteiger partial charge on any atom is -0.480 e. The number of carboxylic acids is 1. The van der Waals surface area contributed by atoms with E-state index in [4.69, 9.17) is 16.7 Å². The van der Waals surface area contributed by atoms with E-state index in [9.17, 15) is 15.0 Å². The number of hydrogen-bond acceptors (Lipinski definition) is 4. The molecule has 0 aromatic heterocycles. The number of aliphatic hydroxyl groups is 2. The van der Waals surface area contributed by atoms with Crippen LogP contribution < -0.4 is 5.32 Å². The number of nitrogens with one attached hydrogen (secondary N) is 1.